The van der Waals surface area contributed by atoms with Gasteiger partial charge in [0.2, 0.25) is 0 Å². The quantitative estimate of drug-likeness (QED) is 0.0961. The number of amides is 1. The van der Waals surface area contributed by atoms with Crippen LogP contribution in [0.2, 0.25) is 0 Å². The molecule has 0 spiro atoms. The number of carbonyl (C=O) groups excluding carboxylic acids is 2. The van der Waals surface area contributed by atoms with Crippen LogP contribution in [0.4, 0.5) is 10.1 Å². The summed E-state index contributed by atoms with van der Waals surface area (Å²) in [5.74, 6) is 0.341. The minimum absolute atomic E-state index is 0.227. The van der Waals surface area contributed by atoms with Gasteiger partial charge in [-0.05, 0) is 79.5 Å². The van der Waals surface area contributed by atoms with E-state index in [4.69, 9.17) is 9.15 Å². The third-order valence-electron chi connectivity index (χ3n) is 7.42. The molecule has 1 saturated carbocycles. The third kappa shape index (κ3) is 6.82. The Morgan fingerprint density at radius 1 is 1.10 bits per heavy atom. The van der Waals surface area contributed by atoms with Gasteiger partial charge in [-0.25, -0.2) is 4.39 Å². The Hall–Kier alpha value is -3.62. The third-order valence-corrected chi connectivity index (χ3v) is 8.24. The van der Waals surface area contributed by atoms with Crippen LogP contribution in [0.5, 0.6) is 0 Å². The van der Waals surface area contributed by atoms with Crippen LogP contribution < -0.4 is 9.62 Å². The fraction of sp³-hybridized carbons (Fsp3) is 0.333. The zero-order chi connectivity index (χ0) is 28.8. The number of rotatable bonds is 14. The Bertz CT molecular complexity index is 1500. The first-order valence-corrected chi connectivity index (χ1v) is 15.2. The molecule has 3 aromatic carbocycles. The van der Waals surface area contributed by atoms with Gasteiger partial charge in [0, 0.05) is 55.6 Å². The number of carbonyl (C=O) groups is 2. The van der Waals surface area contributed by atoms with Gasteiger partial charge >= 0.3 is 0 Å². The normalized spacial score (nSPS) is 13.0. The van der Waals surface area contributed by atoms with Crippen LogP contribution in [0.3, 0.4) is 0 Å². The van der Waals surface area contributed by atoms with Gasteiger partial charge in [0.15, 0.2) is 0 Å². The summed E-state index contributed by atoms with van der Waals surface area (Å²) in [6.45, 7) is 2.17. The fourth-order valence-electron chi connectivity index (χ4n) is 5.10. The maximum Gasteiger partial charge on any atom is 0.255 e. The van der Waals surface area contributed by atoms with Crippen molar-refractivity contribution in [2.75, 3.05) is 37.4 Å². The summed E-state index contributed by atoms with van der Waals surface area (Å²) in [5.41, 5.74) is 6.01. The van der Waals surface area contributed by atoms with Crippen LogP contribution in [0.25, 0.3) is 22.3 Å². The molecule has 0 unspecified atom stereocenters. The number of nitrogens with zero attached hydrogens (tertiary/aromatic N) is 1. The lowest BCUT2D eigenvalue weighted by atomic mass is 10.0. The highest BCUT2D eigenvalue weighted by Gasteiger charge is 2.31. The fourth-order valence-corrected chi connectivity index (χ4v) is 5.77. The van der Waals surface area contributed by atoms with Gasteiger partial charge in [-0.15, -0.1) is 0 Å². The molecule has 8 heteroatoms. The molecule has 1 N–H and O–H groups in total. The predicted octanol–water partition coefficient (Wildman–Crippen LogP) is 7.41. The van der Waals surface area contributed by atoms with Crippen LogP contribution in [-0.4, -0.2) is 45.3 Å². The standard InChI is InChI=1S/C33H35FN2O4S/c1-35-33(38)31-28-19-27(24-10-11-24)29(20-30(28)40-32(31)25-12-14-26(34)15-13-25)36(41-2)16-4-18-39-17-3-5-22-6-8-23(21-37)9-7-22/h6-9,12-15,19-21,24H,3-5,10-11,16-18H2,1-2H3,(H,35,38). The Labute approximate surface area is 244 Å². The smallest absolute Gasteiger partial charge is 0.255 e. The number of fused-ring (bicyclic) bond motifs is 1. The molecule has 1 heterocycles. The van der Waals surface area contributed by atoms with Crippen molar-refractivity contribution < 1.29 is 23.1 Å². The first-order valence-electron chi connectivity index (χ1n) is 14.0. The lowest BCUT2D eigenvalue weighted by Crippen LogP contribution is -2.19. The number of aldehydes is 1. The van der Waals surface area contributed by atoms with Crippen molar-refractivity contribution in [1.82, 2.24) is 5.32 Å². The first-order chi connectivity index (χ1) is 20.0. The van der Waals surface area contributed by atoms with E-state index < -0.39 is 0 Å². The summed E-state index contributed by atoms with van der Waals surface area (Å²) < 4.78 is 28.1. The molecule has 214 valence electrons. The number of nitrogens with one attached hydrogen (secondary N) is 1. The van der Waals surface area contributed by atoms with Gasteiger partial charge in [0.1, 0.15) is 23.4 Å². The molecule has 1 aliphatic rings. The van der Waals surface area contributed by atoms with Crippen molar-refractivity contribution in [2.45, 2.75) is 38.0 Å². The second-order valence-corrected chi connectivity index (χ2v) is 11.1. The molecule has 41 heavy (non-hydrogen) atoms. The van der Waals surface area contributed by atoms with Crippen molar-refractivity contribution in [3.63, 3.8) is 0 Å². The van der Waals surface area contributed by atoms with E-state index in [-0.39, 0.29) is 11.7 Å². The number of anilines is 1. The number of aryl methyl sites for hydroxylation is 1. The summed E-state index contributed by atoms with van der Waals surface area (Å²) in [6.07, 6.45) is 7.90. The maximum absolute atomic E-state index is 13.6. The Morgan fingerprint density at radius 2 is 1.83 bits per heavy atom. The number of ether oxygens (including phenoxy) is 1. The van der Waals surface area contributed by atoms with Crippen LogP contribution in [0.1, 0.15) is 63.4 Å². The van der Waals surface area contributed by atoms with Gasteiger partial charge in [0.25, 0.3) is 5.91 Å². The minimum atomic E-state index is -0.338. The van der Waals surface area contributed by atoms with E-state index in [0.717, 1.165) is 56.0 Å². The molecule has 0 saturated heterocycles. The van der Waals surface area contributed by atoms with E-state index in [2.05, 4.69) is 28.0 Å². The van der Waals surface area contributed by atoms with E-state index in [0.29, 0.717) is 47.2 Å². The molecule has 0 bridgehead atoms. The molecular formula is C33H35FN2O4S. The average molecular weight is 575 g/mol. The van der Waals surface area contributed by atoms with Crippen molar-refractivity contribution >= 4 is 40.8 Å². The zero-order valence-electron chi connectivity index (χ0n) is 23.5. The second-order valence-electron chi connectivity index (χ2n) is 10.3. The van der Waals surface area contributed by atoms with Crippen molar-refractivity contribution in [3.05, 3.63) is 88.7 Å². The molecule has 1 aromatic heterocycles. The molecule has 1 amide bonds. The lowest BCUT2D eigenvalue weighted by Gasteiger charge is -2.24. The monoisotopic (exact) mass is 574 g/mol. The van der Waals surface area contributed by atoms with E-state index in [1.165, 1.54) is 23.3 Å². The van der Waals surface area contributed by atoms with Crippen molar-refractivity contribution in [3.8, 4) is 11.3 Å². The predicted molar refractivity (Wildman–Crippen MR) is 163 cm³/mol. The SMILES string of the molecule is CNC(=O)c1c(-c2ccc(F)cc2)oc2cc(N(CCCOCCCc3ccc(C=O)cc3)SC)c(C3CC3)cc12. The van der Waals surface area contributed by atoms with Gasteiger partial charge in [-0.2, -0.15) is 0 Å². The molecule has 4 aromatic rings. The van der Waals surface area contributed by atoms with E-state index in [1.807, 2.05) is 24.3 Å². The van der Waals surface area contributed by atoms with Crippen LogP contribution in [-0.2, 0) is 11.2 Å². The zero-order valence-corrected chi connectivity index (χ0v) is 24.3. The largest absolute Gasteiger partial charge is 0.455 e. The van der Waals surface area contributed by atoms with Gasteiger partial charge < -0.3 is 18.8 Å². The van der Waals surface area contributed by atoms with E-state index in [9.17, 15) is 14.0 Å². The molecule has 5 rings (SSSR count). The molecule has 0 aliphatic heterocycles. The Morgan fingerprint density at radius 3 is 2.49 bits per heavy atom. The lowest BCUT2D eigenvalue weighted by molar-refractivity contribution is 0.0964. The molecule has 1 fully saturated rings. The molecule has 6 nitrogen and oxygen atoms in total. The summed E-state index contributed by atoms with van der Waals surface area (Å²) in [5, 5.41) is 3.52. The summed E-state index contributed by atoms with van der Waals surface area (Å²) in [4.78, 5) is 23.8. The van der Waals surface area contributed by atoms with E-state index in [1.54, 1.807) is 31.1 Å². The summed E-state index contributed by atoms with van der Waals surface area (Å²) >= 11 is 1.67. The molecule has 0 radical (unpaired) electrons. The molecular weight excluding hydrogens is 539 g/mol. The number of hydrogen-bond acceptors (Lipinski definition) is 6. The van der Waals surface area contributed by atoms with Crippen LogP contribution >= 0.6 is 11.9 Å². The number of benzene rings is 3. The Kier molecular flexibility index (Phi) is 9.42. The summed E-state index contributed by atoms with van der Waals surface area (Å²) in [6, 6.07) is 17.9. The molecule has 0 atom stereocenters. The highest BCUT2D eigenvalue weighted by atomic mass is 32.2. The second kappa shape index (κ2) is 13.4. The Balaban J connectivity index is 1.28. The first kappa shape index (κ1) is 28.9. The minimum Gasteiger partial charge on any atom is -0.455 e. The van der Waals surface area contributed by atoms with Gasteiger partial charge in [-0.1, -0.05) is 36.2 Å². The topological polar surface area (TPSA) is 71.8 Å². The average Bonchev–Trinajstić information content (AvgIpc) is 3.78. The number of furan rings is 1. The number of halogens is 1. The highest BCUT2D eigenvalue weighted by Crippen LogP contribution is 2.48. The van der Waals surface area contributed by atoms with Crippen LogP contribution in [0, 0.1) is 5.82 Å². The van der Waals surface area contributed by atoms with E-state index >= 15 is 0 Å². The highest BCUT2D eigenvalue weighted by molar-refractivity contribution is 7.99. The van der Waals surface area contributed by atoms with Crippen LogP contribution in [0.15, 0.2) is 65.1 Å². The summed E-state index contributed by atoms with van der Waals surface area (Å²) in [7, 11) is 1.61. The maximum atomic E-state index is 13.6. The molecule has 1 aliphatic carbocycles. The number of hydrogen-bond donors (Lipinski definition) is 1. The van der Waals surface area contributed by atoms with Crippen molar-refractivity contribution in [2.24, 2.45) is 0 Å². The van der Waals surface area contributed by atoms with Crippen molar-refractivity contribution in [1.29, 1.82) is 0 Å². The van der Waals surface area contributed by atoms with Gasteiger partial charge in [-0.3, -0.25) is 9.59 Å². The van der Waals surface area contributed by atoms with Gasteiger partial charge in [0.05, 0.1) is 11.3 Å².